The summed E-state index contributed by atoms with van der Waals surface area (Å²) in [6, 6.07) is -0.290. The number of aliphatic hydroxyl groups excluding tert-OH is 2. The van der Waals surface area contributed by atoms with E-state index < -0.39 is 29.5 Å². The van der Waals surface area contributed by atoms with E-state index in [4.69, 9.17) is 9.47 Å². The molecule has 7 nitrogen and oxygen atoms in total. The maximum absolute atomic E-state index is 11.8. The molecule has 0 aromatic heterocycles. The van der Waals surface area contributed by atoms with Crippen molar-refractivity contribution >= 4 is 0 Å². The lowest BCUT2D eigenvalue weighted by Gasteiger charge is -2.49. The third-order valence-electron chi connectivity index (χ3n) is 10.7. The van der Waals surface area contributed by atoms with Gasteiger partial charge in [0.05, 0.1) is 36.1 Å². The Hall–Kier alpha value is -0.280. The monoisotopic (exact) mass is 543 g/mol. The SMILES string of the molecule is CCC1OC(C)[C@H](C)[C@@H](C2C[C@H](C)[C@@H](O)[C@H](C)O2)[C@H](C)[C@@H](C)[C@](C)(O)C[C@@H](C)CN(C)[C@H](C)[C@@H](O)[C@]1(C)O. The molecule has 0 aromatic carbocycles. The molecule has 2 saturated heterocycles. The van der Waals surface area contributed by atoms with Crippen LogP contribution in [0.25, 0.3) is 0 Å². The summed E-state index contributed by atoms with van der Waals surface area (Å²) in [5.41, 5.74) is -2.33. The Morgan fingerprint density at radius 2 is 1.45 bits per heavy atom. The number of aliphatic hydroxyl groups is 4. The van der Waals surface area contributed by atoms with Crippen molar-refractivity contribution < 1.29 is 29.9 Å². The molecule has 0 saturated carbocycles. The average molecular weight is 544 g/mol. The Balaban J connectivity index is 2.56. The van der Waals surface area contributed by atoms with Crippen LogP contribution < -0.4 is 0 Å². The van der Waals surface area contributed by atoms with Crippen LogP contribution >= 0.6 is 0 Å². The summed E-state index contributed by atoms with van der Waals surface area (Å²) in [5, 5.41) is 45.4. The van der Waals surface area contributed by atoms with E-state index in [0.717, 1.165) is 6.42 Å². The Kier molecular flexibility index (Phi) is 11.7. The topological polar surface area (TPSA) is 103 Å². The van der Waals surface area contributed by atoms with Crippen molar-refractivity contribution in [2.45, 2.75) is 149 Å². The fraction of sp³-hybridized carbons (Fsp3) is 1.00. The maximum Gasteiger partial charge on any atom is 0.115 e. The molecule has 4 N–H and O–H groups in total. The van der Waals surface area contributed by atoms with Gasteiger partial charge in [-0.05, 0) is 96.4 Å². The molecule has 0 amide bonds. The van der Waals surface area contributed by atoms with Gasteiger partial charge in [-0.15, -0.1) is 0 Å². The van der Waals surface area contributed by atoms with E-state index in [1.165, 1.54) is 0 Å². The van der Waals surface area contributed by atoms with Gasteiger partial charge in [0.1, 0.15) is 11.7 Å². The van der Waals surface area contributed by atoms with E-state index in [1.807, 2.05) is 34.7 Å². The van der Waals surface area contributed by atoms with Gasteiger partial charge in [-0.2, -0.15) is 0 Å². The van der Waals surface area contributed by atoms with Crippen molar-refractivity contribution in [3.8, 4) is 0 Å². The number of likely N-dealkylation sites (N-methyl/N-ethyl adjacent to an activating group) is 1. The van der Waals surface area contributed by atoms with Gasteiger partial charge < -0.3 is 34.8 Å². The molecule has 0 spiro atoms. The Morgan fingerprint density at radius 1 is 0.868 bits per heavy atom. The first kappa shape index (κ1) is 33.9. The van der Waals surface area contributed by atoms with Crippen molar-refractivity contribution in [3.05, 3.63) is 0 Å². The summed E-state index contributed by atoms with van der Waals surface area (Å²) in [4.78, 5) is 2.08. The molecule has 2 aliphatic rings. The zero-order valence-electron chi connectivity index (χ0n) is 26.4. The average Bonchev–Trinajstić information content (AvgIpc) is 2.82. The minimum Gasteiger partial charge on any atom is -0.390 e. The molecule has 2 rings (SSSR count). The van der Waals surface area contributed by atoms with Gasteiger partial charge >= 0.3 is 0 Å². The predicted molar refractivity (Wildman–Crippen MR) is 153 cm³/mol. The molecule has 2 heterocycles. The molecular formula is C31H61NO6. The van der Waals surface area contributed by atoms with Crippen molar-refractivity contribution in [3.63, 3.8) is 0 Å². The number of ether oxygens (including phenoxy) is 2. The minimum absolute atomic E-state index is 0.00538. The Bertz CT molecular complexity index is 719. The van der Waals surface area contributed by atoms with Crippen LogP contribution in [0.1, 0.15) is 95.4 Å². The van der Waals surface area contributed by atoms with E-state index in [9.17, 15) is 20.4 Å². The van der Waals surface area contributed by atoms with Gasteiger partial charge in [0.25, 0.3) is 0 Å². The lowest BCUT2D eigenvalue weighted by Crippen LogP contribution is -2.59. The Morgan fingerprint density at radius 3 is 1.97 bits per heavy atom. The lowest BCUT2D eigenvalue weighted by atomic mass is 9.65. The number of nitrogens with zero attached hydrogens (tertiary/aromatic N) is 1. The highest BCUT2D eigenvalue weighted by Gasteiger charge is 2.48. The summed E-state index contributed by atoms with van der Waals surface area (Å²) in [6.07, 6.45) is -0.655. The molecule has 3 unspecified atom stereocenters. The van der Waals surface area contributed by atoms with Crippen LogP contribution in [0.2, 0.25) is 0 Å². The number of hydrogen-bond acceptors (Lipinski definition) is 7. The predicted octanol–water partition coefficient (Wildman–Crippen LogP) is 4.09. The van der Waals surface area contributed by atoms with Crippen molar-refractivity contribution in [2.75, 3.05) is 13.6 Å². The van der Waals surface area contributed by atoms with E-state index in [0.29, 0.717) is 19.4 Å². The summed E-state index contributed by atoms with van der Waals surface area (Å²) in [6.45, 7) is 23.1. The van der Waals surface area contributed by atoms with Gasteiger partial charge in [0, 0.05) is 12.6 Å². The quantitative estimate of drug-likeness (QED) is 0.416. The third kappa shape index (κ3) is 7.32. The summed E-state index contributed by atoms with van der Waals surface area (Å²) >= 11 is 0. The summed E-state index contributed by atoms with van der Waals surface area (Å²) in [7, 11) is 1.97. The van der Waals surface area contributed by atoms with Crippen LogP contribution in [-0.2, 0) is 9.47 Å². The van der Waals surface area contributed by atoms with Crippen LogP contribution in [0.4, 0.5) is 0 Å². The first-order chi connectivity index (χ1) is 17.4. The number of hydrogen-bond donors (Lipinski definition) is 4. The van der Waals surface area contributed by atoms with Crippen LogP contribution in [0.15, 0.2) is 0 Å². The molecule has 2 fully saturated rings. The summed E-state index contributed by atoms with van der Waals surface area (Å²) in [5.74, 6) is 0.525. The largest absolute Gasteiger partial charge is 0.390 e. The van der Waals surface area contributed by atoms with Crippen LogP contribution in [0.3, 0.4) is 0 Å². The number of rotatable bonds is 2. The lowest BCUT2D eigenvalue weighted by molar-refractivity contribution is -0.205. The molecule has 0 bridgehead atoms. The highest BCUT2D eigenvalue weighted by molar-refractivity contribution is 4.98. The minimum atomic E-state index is -1.44. The van der Waals surface area contributed by atoms with Crippen molar-refractivity contribution in [1.29, 1.82) is 0 Å². The first-order valence-corrected chi connectivity index (χ1v) is 15.2. The molecule has 38 heavy (non-hydrogen) atoms. The van der Waals surface area contributed by atoms with Crippen LogP contribution in [-0.4, -0.2) is 92.8 Å². The molecule has 226 valence electrons. The van der Waals surface area contributed by atoms with Gasteiger partial charge in [-0.3, -0.25) is 0 Å². The molecule has 0 aliphatic carbocycles. The normalized spacial score (nSPS) is 53.2. The van der Waals surface area contributed by atoms with E-state index >= 15 is 0 Å². The fourth-order valence-corrected chi connectivity index (χ4v) is 7.56. The highest BCUT2D eigenvalue weighted by atomic mass is 16.5. The fourth-order valence-electron chi connectivity index (χ4n) is 7.56. The van der Waals surface area contributed by atoms with Gasteiger partial charge in [0.2, 0.25) is 0 Å². The second-order valence-electron chi connectivity index (χ2n) is 13.9. The molecule has 0 radical (unpaired) electrons. The van der Waals surface area contributed by atoms with Crippen LogP contribution in [0.5, 0.6) is 0 Å². The smallest absolute Gasteiger partial charge is 0.115 e. The van der Waals surface area contributed by atoms with Gasteiger partial charge in [0.15, 0.2) is 0 Å². The molecule has 2 aliphatic heterocycles. The summed E-state index contributed by atoms with van der Waals surface area (Å²) < 4.78 is 13.1. The molecule has 7 heteroatoms. The van der Waals surface area contributed by atoms with E-state index in [2.05, 4.69) is 46.4 Å². The van der Waals surface area contributed by atoms with E-state index in [-0.39, 0.29) is 59.9 Å². The molecular weight excluding hydrogens is 482 g/mol. The van der Waals surface area contributed by atoms with Crippen molar-refractivity contribution in [2.24, 2.45) is 35.5 Å². The van der Waals surface area contributed by atoms with Crippen molar-refractivity contribution in [1.82, 2.24) is 4.90 Å². The van der Waals surface area contributed by atoms with E-state index in [1.54, 1.807) is 6.92 Å². The Labute approximate surface area is 233 Å². The highest BCUT2D eigenvalue weighted by Crippen LogP contribution is 2.44. The van der Waals surface area contributed by atoms with Gasteiger partial charge in [-0.1, -0.05) is 41.5 Å². The van der Waals surface area contributed by atoms with Crippen LogP contribution in [0, 0.1) is 35.5 Å². The standard InChI is InChI=1S/C31H61NO6/c1-13-26-31(11,36)29(34)22(7)32(12)16-17(2)15-30(10,35)21(6)19(4)27(20(5)23(8)38-26)25-14-18(3)28(33)24(9)37-25/h17-29,33-36H,13-16H2,1-12H3/t17-,18+,19-,20+,21-,22-,23?,24+,25?,26?,27+,28-,29-,30-,31-/m1/s1. The molecule has 0 aromatic rings. The second-order valence-corrected chi connectivity index (χ2v) is 13.9. The zero-order valence-corrected chi connectivity index (χ0v) is 26.4. The van der Waals surface area contributed by atoms with Gasteiger partial charge in [-0.25, -0.2) is 0 Å². The first-order valence-electron chi connectivity index (χ1n) is 15.2. The zero-order chi connectivity index (χ0) is 29.3. The second kappa shape index (κ2) is 13.1. The third-order valence-corrected chi connectivity index (χ3v) is 10.7. The molecule has 15 atom stereocenters. The maximum atomic E-state index is 11.8.